The van der Waals surface area contributed by atoms with Crippen LogP contribution < -0.4 is 4.90 Å². The molecule has 1 aromatic rings. The van der Waals surface area contributed by atoms with Gasteiger partial charge in [-0.25, -0.2) is 16.8 Å². The maximum absolute atomic E-state index is 13.1. The van der Waals surface area contributed by atoms with E-state index in [1.807, 2.05) is 0 Å². The zero-order valence-electron chi connectivity index (χ0n) is 13.6. The van der Waals surface area contributed by atoms with E-state index in [4.69, 9.17) is 4.74 Å². The number of sulfonamides is 1. The van der Waals surface area contributed by atoms with Crippen LogP contribution in [-0.2, 0) is 35.8 Å². The summed E-state index contributed by atoms with van der Waals surface area (Å²) < 4.78 is 56.6. The molecule has 0 aliphatic carbocycles. The smallest absolute Gasteiger partial charge is 0.243 e. The summed E-state index contributed by atoms with van der Waals surface area (Å²) in [5, 5.41) is 0. The van der Waals surface area contributed by atoms with E-state index in [0.29, 0.717) is 11.3 Å². The van der Waals surface area contributed by atoms with Crippen molar-refractivity contribution in [3.63, 3.8) is 0 Å². The number of sulfone groups is 1. The van der Waals surface area contributed by atoms with E-state index in [2.05, 4.69) is 0 Å². The van der Waals surface area contributed by atoms with Crippen molar-refractivity contribution in [2.75, 3.05) is 36.6 Å². The van der Waals surface area contributed by atoms with Gasteiger partial charge in [0.2, 0.25) is 15.9 Å². The van der Waals surface area contributed by atoms with Gasteiger partial charge in [-0.3, -0.25) is 4.79 Å². The number of anilines is 1. The first kappa shape index (κ1) is 17.0. The third-order valence-electron chi connectivity index (χ3n) is 5.02. The number of fused-ring (bicyclic) bond motifs is 2. The summed E-state index contributed by atoms with van der Waals surface area (Å²) in [7, 11) is -5.52. The van der Waals surface area contributed by atoms with Gasteiger partial charge in [0.25, 0.3) is 0 Å². The number of carbonyl (C=O) groups excluding carboxylic acids is 1. The van der Waals surface area contributed by atoms with Crippen LogP contribution >= 0.6 is 0 Å². The van der Waals surface area contributed by atoms with E-state index >= 15 is 0 Å². The van der Waals surface area contributed by atoms with Gasteiger partial charge < -0.3 is 9.64 Å². The lowest BCUT2D eigenvalue weighted by Crippen LogP contribution is -2.53. The minimum absolute atomic E-state index is 0.0827. The number of morpholine rings is 1. The fourth-order valence-electron chi connectivity index (χ4n) is 3.73. The van der Waals surface area contributed by atoms with Crippen molar-refractivity contribution in [2.45, 2.75) is 23.5 Å². The van der Waals surface area contributed by atoms with Crippen LogP contribution in [-0.4, -0.2) is 70.9 Å². The van der Waals surface area contributed by atoms with Gasteiger partial charge in [-0.05, 0) is 23.8 Å². The number of rotatable bonds is 2. The Labute approximate surface area is 146 Å². The highest BCUT2D eigenvalue weighted by molar-refractivity contribution is 7.92. The molecule has 136 valence electrons. The van der Waals surface area contributed by atoms with Crippen molar-refractivity contribution >= 4 is 31.5 Å². The van der Waals surface area contributed by atoms with E-state index in [-0.39, 0.29) is 41.9 Å². The molecule has 0 aromatic heterocycles. The zero-order chi connectivity index (χ0) is 18.0. The molecule has 3 heterocycles. The van der Waals surface area contributed by atoms with Gasteiger partial charge in [0.15, 0.2) is 9.84 Å². The molecule has 1 amide bonds. The molecule has 25 heavy (non-hydrogen) atoms. The summed E-state index contributed by atoms with van der Waals surface area (Å²) in [6.45, 7) is 0.289. The van der Waals surface area contributed by atoms with E-state index in [1.54, 1.807) is 13.1 Å². The maximum atomic E-state index is 13.1. The molecule has 2 saturated heterocycles. The predicted octanol–water partition coefficient (Wildman–Crippen LogP) is -0.608. The standard InChI is InChI=1S/C15H18N2O6S2/c1-16-12-3-2-11(6-10(12)7-15(16)18)25(21,22)17-4-5-23-14-9-24(19,20)8-13(14)17/h2-3,6,13-14H,4-5,7-9H2,1H3. The fourth-order valence-corrected chi connectivity index (χ4v) is 7.37. The minimum atomic E-state index is -3.86. The van der Waals surface area contributed by atoms with E-state index < -0.39 is 32.0 Å². The van der Waals surface area contributed by atoms with Crippen molar-refractivity contribution < 1.29 is 26.4 Å². The van der Waals surface area contributed by atoms with Gasteiger partial charge in [-0.15, -0.1) is 0 Å². The predicted molar refractivity (Wildman–Crippen MR) is 89.6 cm³/mol. The number of ether oxygens (including phenoxy) is 1. The van der Waals surface area contributed by atoms with Crippen LogP contribution in [0.25, 0.3) is 0 Å². The SMILES string of the molecule is CN1C(=O)Cc2cc(S(=O)(=O)N3CCOC4CS(=O)(=O)CC43)ccc21. The number of benzene rings is 1. The molecule has 0 N–H and O–H groups in total. The first-order valence-electron chi connectivity index (χ1n) is 7.92. The second-order valence-electron chi connectivity index (χ2n) is 6.59. The normalized spacial score (nSPS) is 28.8. The quantitative estimate of drug-likeness (QED) is 0.672. The average Bonchev–Trinajstić information content (AvgIpc) is 3.01. The number of nitrogens with zero attached hydrogens (tertiary/aromatic N) is 2. The van der Waals surface area contributed by atoms with Gasteiger partial charge in [0.05, 0.1) is 41.6 Å². The van der Waals surface area contributed by atoms with E-state index in [1.165, 1.54) is 21.3 Å². The lowest BCUT2D eigenvalue weighted by molar-refractivity contribution is -0.117. The number of likely N-dealkylation sites (N-methyl/N-ethyl adjacent to an activating group) is 1. The van der Waals surface area contributed by atoms with Crippen LogP contribution in [0.15, 0.2) is 23.1 Å². The summed E-state index contributed by atoms with van der Waals surface area (Å²) in [5.74, 6) is -0.450. The Morgan fingerprint density at radius 3 is 2.76 bits per heavy atom. The molecule has 10 heteroatoms. The average molecular weight is 386 g/mol. The van der Waals surface area contributed by atoms with Crippen LogP contribution in [0.4, 0.5) is 5.69 Å². The molecule has 3 aliphatic heterocycles. The van der Waals surface area contributed by atoms with Crippen molar-refractivity contribution in [2.24, 2.45) is 0 Å². The Balaban J connectivity index is 1.71. The third-order valence-corrected chi connectivity index (χ3v) is 8.63. The van der Waals surface area contributed by atoms with Crippen molar-refractivity contribution in [3.05, 3.63) is 23.8 Å². The Bertz CT molecular complexity index is 956. The summed E-state index contributed by atoms with van der Waals surface area (Å²) in [5.41, 5.74) is 1.37. The first-order valence-corrected chi connectivity index (χ1v) is 11.2. The fraction of sp³-hybridized carbons (Fsp3) is 0.533. The highest BCUT2D eigenvalue weighted by Gasteiger charge is 2.48. The zero-order valence-corrected chi connectivity index (χ0v) is 15.2. The third kappa shape index (κ3) is 2.67. The van der Waals surface area contributed by atoms with Crippen molar-refractivity contribution in [1.29, 1.82) is 0 Å². The molecule has 0 radical (unpaired) electrons. The highest BCUT2D eigenvalue weighted by atomic mass is 32.2. The Hall–Kier alpha value is -1.49. The van der Waals surface area contributed by atoms with Gasteiger partial charge in [0, 0.05) is 19.3 Å². The monoisotopic (exact) mass is 386 g/mol. The van der Waals surface area contributed by atoms with Gasteiger partial charge in [-0.2, -0.15) is 4.31 Å². The lowest BCUT2D eigenvalue weighted by atomic mass is 10.2. The molecular weight excluding hydrogens is 368 g/mol. The van der Waals surface area contributed by atoms with Gasteiger partial charge >= 0.3 is 0 Å². The number of amides is 1. The Morgan fingerprint density at radius 2 is 2.00 bits per heavy atom. The first-order chi connectivity index (χ1) is 11.7. The molecule has 0 saturated carbocycles. The molecule has 2 unspecified atom stereocenters. The molecule has 1 aromatic carbocycles. The van der Waals surface area contributed by atoms with Crippen LogP contribution in [0.5, 0.6) is 0 Å². The lowest BCUT2D eigenvalue weighted by Gasteiger charge is -2.35. The molecule has 2 atom stereocenters. The molecule has 0 spiro atoms. The van der Waals surface area contributed by atoms with E-state index in [0.717, 1.165) is 0 Å². The van der Waals surface area contributed by atoms with Crippen LogP contribution in [0, 0.1) is 0 Å². The van der Waals surface area contributed by atoms with E-state index in [9.17, 15) is 21.6 Å². The Kier molecular flexibility index (Phi) is 3.73. The van der Waals surface area contributed by atoms with Crippen LogP contribution in [0.3, 0.4) is 0 Å². The largest absolute Gasteiger partial charge is 0.374 e. The Morgan fingerprint density at radius 1 is 1.24 bits per heavy atom. The van der Waals surface area contributed by atoms with Gasteiger partial charge in [-0.1, -0.05) is 0 Å². The van der Waals surface area contributed by atoms with Crippen LogP contribution in [0.1, 0.15) is 5.56 Å². The maximum Gasteiger partial charge on any atom is 0.243 e. The second kappa shape index (κ2) is 5.50. The summed E-state index contributed by atoms with van der Waals surface area (Å²) in [4.78, 5) is 13.4. The molecule has 4 rings (SSSR count). The second-order valence-corrected chi connectivity index (χ2v) is 10.6. The summed E-state index contributed by atoms with van der Waals surface area (Å²) >= 11 is 0. The topological polar surface area (TPSA) is 101 Å². The summed E-state index contributed by atoms with van der Waals surface area (Å²) in [6, 6.07) is 3.91. The summed E-state index contributed by atoms with van der Waals surface area (Å²) in [6.07, 6.45) is -0.450. The number of hydrogen-bond acceptors (Lipinski definition) is 6. The molecule has 8 nitrogen and oxygen atoms in total. The highest BCUT2D eigenvalue weighted by Crippen LogP contribution is 2.33. The molecular formula is C15H18N2O6S2. The van der Waals surface area contributed by atoms with Gasteiger partial charge in [0.1, 0.15) is 0 Å². The number of carbonyl (C=O) groups is 1. The van der Waals surface area contributed by atoms with Crippen molar-refractivity contribution in [3.8, 4) is 0 Å². The van der Waals surface area contributed by atoms with Crippen molar-refractivity contribution in [1.82, 2.24) is 4.31 Å². The molecule has 3 aliphatic rings. The minimum Gasteiger partial charge on any atom is -0.374 e. The van der Waals surface area contributed by atoms with Crippen LogP contribution in [0.2, 0.25) is 0 Å². The molecule has 2 fully saturated rings. The molecule has 0 bridgehead atoms. The number of hydrogen-bond donors (Lipinski definition) is 0.